The molecular formula is C20H19BrClN5O. The molecule has 0 atom stereocenters. The third-order valence-electron chi connectivity index (χ3n) is 4.92. The maximum Gasteiger partial charge on any atom is 0.266 e. The summed E-state index contributed by atoms with van der Waals surface area (Å²) < 4.78 is 6.93. The molecule has 0 amide bonds. The van der Waals surface area contributed by atoms with E-state index in [9.17, 15) is 0 Å². The summed E-state index contributed by atoms with van der Waals surface area (Å²) in [5.41, 5.74) is 2.49. The molecule has 1 fully saturated rings. The first kappa shape index (κ1) is 19.1. The van der Waals surface area contributed by atoms with Crippen LogP contribution in [0, 0.1) is 5.92 Å². The number of aromatic nitrogens is 4. The van der Waals surface area contributed by atoms with Crippen molar-refractivity contribution >= 4 is 33.2 Å². The normalized spacial score (nSPS) is 15.0. The summed E-state index contributed by atoms with van der Waals surface area (Å²) in [4.78, 5) is 10.4. The fraction of sp³-hybridized carbons (Fsp3) is 0.300. The van der Waals surface area contributed by atoms with Crippen molar-refractivity contribution in [3.8, 4) is 23.0 Å². The number of allylic oxidation sites excluding steroid dienone is 1. The number of halogens is 2. The van der Waals surface area contributed by atoms with E-state index in [2.05, 4.69) is 53.6 Å². The Morgan fingerprint density at radius 1 is 1.21 bits per heavy atom. The zero-order valence-corrected chi connectivity index (χ0v) is 17.5. The second-order valence-electron chi connectivity index (χ2n) is 6.74. The quantitative estimate of drug-likeness (QED) is 0.375. The highest BCUT2D eigenvalue weighted by Gasteiger charge is 2.23. The molecule has 1 saturated heterocycles. The van der Waals surface area contributed by atoms with Crippen molar-refractivity contribution in [2.24, 2.45) is 5.92 Å². The second-order valence-corrected chi connectivity index (χ2v) is 7.99. The zero-order valence-electron chi connectivity index (χ0n) is 15.2. The zero-order chi connectivity index (χ0) is 19.5. The lowest BCUT2D eigenvalue weighted by Crippen LogP contribution is -2.33. The fourth-order valence-electron chi connectivity index (χ4n) is 3.48. The van der Waals surface area contributed by atoms with Gasteiger partial charge in [0.15, 0.2) is 0 Å². The summed E-state index contributed by atoms with van der Waals surface area (Å²) >= 11 is 9.45. The average Bonchev–Trinajstić information content (AvgIpc) is 3.19. The van der Waals surface area contributed by atoms with Gasteiger partial charge in [0.1, 0.15) is 5.69 Å². The standard InChI is InChI=1S/C20H19BrClN5O/c1-2-3-13-7-10-27(11-8-13)17-12-14(21)4-5-15(17)18-25-26-19(28-18)16-6-9-23-20(22)24-16/h2,4-6,9,12-13H,1,3,7-8,10-11H2. The molecule has 0 bridgehead atoms. The third-order valence-corrected chi connectivity index (χ3v) is 5.59. The monoisotopic (exact) mass is 459 g/mol. The van der Waals surface area contributed by atoms with Crippen molar-refractivity contribution in [3.05, 3.63) is 52.9 Å². The van der Waals surface area contributed by atoms with E-state index < -0.39 is 0 Å². The van der Waals surface area contributed by atoms with Crippen LogP contribution in [0.3, 0.4) is 0 Å². The minimum atomic E-state index is 0.143. The predicted octanol–water partition coefficient (Wildman–Crippen LogP) is 5.40. The van der Waals surface area contributed by atoms with Crippen LogP contribution < -0.4 is 4.90 Å². The van der Waals surface area contributed by atoms with Crippen LogP contribution in [0.4, 0.5) is 5.69 Å². The number of nitrogens with zero attached hydrogens (tertiary/aromatic N) is 5. The Kier molecular flexibility index (Phi) is 5.73. The first-order chi connectivity index (χ1) is 13.6. The summed E-state index contributed by atoms with van der Waals surface area (Å²) in [5.74, 6) is 1.49. The molecule has 1 aliphatic heterocycles. The van der Waals surface area contributed by atoms with E-state index in [1.54, 1.807) is 12.3 Å². The summed E-state index contributed by atoms with van der Waals surface area (Å²) in [6, 6.07) is 7.78. The number of anilines is 1. The molecule has 6 nitrogen and oxygen atoms in total. The molecule has 3 aromatic rings. The SMILES string of the molecule is C=CCC1CCN(c2cc(Br)ccc2-c2nnc(-c3ccnc(Cl)n3)o2)CC1. The third kappa shape index (κ3) is 4.10. The predicted molar refractivity (Wildman–Crippen MR) is 113 cm³/mol. The van der Waals surface area contributed by atoms with E-state index in [4.69, 9.17) is 16.0 Å². The lowest BCUT2D eigenvalue weighted by atomic mass is 9.93. The van der Waals surface area contributed by atoms with E-state index >= 15 is 0 Å². The van der Waals surface area contributed by atoms with Gasteiger partial charge in [0, 0.05) is 23.8 Å². The molecule has 0 radical (unpaired) electrons. The molecule has 8 heteroatoms. The van der Waals surface area contributed by atoms with Gasteiger partial charge in [0.25, 0.3) is 5.89 Å². The second kappa shape index (κ2) is 8.41. The molecule has 0 saturated carbocycles. The van der Waals surface area contributed by atoms with E-state index in [0.717, 1.165) is 48.1 Å². The highest BCUT2D eigenvalue weighted by atomic mass is 79.9. The maximum absolute atomic E-state index is 5.92. The van der Waals surface area contributed by atoms with Gasteiger partial charge in [-0.25, -0.2) is 9.97 Å². The van der Waals surface area contributed by atoms with Gasteiger partial charge in [-0.05, 0) is 61.0 Å². The summed E-state index contributed by atoms with van der Waals surface area (Å²) in [6.07, 6.45) is 6.95. The Labute approximate surface area is 176 Å². The molecule has 3 heterocycles. The molecular weight excluding hydrogens is 442 g/mol. The molecule has 2 aromatic heterocycles. The van der Waals surface area contributed by atoms with Gasteiger partial charge in [-0.1, -0.05) is 22.0 Å². The van der Waals surface area contributed by atoms with E-state index in [-0.39, 0.29) is 5.28 Å². The van der Waals surface area contributed by atoms with Gasteiger partial charge in [0.05, 0.1) is 11.3 Å². The highest BCUT2D eigenvalue weighted by Crippen LogP contribution is 2.36. The van der Waals surface area contributed by atoms with Crippen molar-refractivity contribution in [1.29, 1.82) is 0 Å². The Morgan fingerprint density at radius 2 is 2.00 bits per heavy atom. The molecule has 1 aromatic carbocycles. The van der Waals surface area contributed by atoms with Crippen molar-refractivity contribution in [2.75, 3.05) is 18.0 Å². The number of hydrogen-bond acceptors (Lipinski definition) is 6. The van der Waals surface area contributed by atoms with Crippen molar-refractivity contribution in [2.45, 2.75) is 19.3 Å². The van der Waals surface area contributed by atoms with Gasteiger partial charge >= 0.3 is 0 Å². The molecule has 0 N–H and O–H groups in total. The molecule has 1 aliphatic rings. The minimum Gasteiger partial charge on any atom is -0.415 e. The Hall–Kier alpha value is -2.25. The Morgan fingerprint density at radius 3 is 2.75 bits per heavy atom. The Bertz CT molecular complexity index is 984. The molecule has 28 heavy (non-hydrogen) atoms. The van der Waals surface area contributed by atoms with Gasteiger partial charge in [-0.15, -0.1) is 16.8 Å². The first-order valence-electron chi connectivity index (χ1n) is 9.12. The number of hydrogen-bond donors (Lipinski definition) is 0. The van der Waals surface area contributed by atoms with Crippen LogP contribution in [-0.2, 0) is 0 Å². The van der Waals surface area contributed by atoms with Crippen LogP contribution >= 0.6 is 27.5 Å². The van der Waals surface area contributed by atoms with Crippen molar-refractivity contribution in [1.82, 2.24) is 20.2 Å². The van der Waals surface area contributed by atoms with Crippen LogP contribution in [0.15, 0.2) is 52.0 Å². The smallest absolute Gasteiger partial charge is 0.266 e. The Balaban J connectivity index is 1.63. The average molecular weight is 461 g/mol. The van der Waals surface area contributed by atoms with E-state index in [0.29, 0.717) is 23.4 Å². The lowest BCUT2D eigenvalue weighted by Gasteiger charge is -2.34. The molecule has 0 spiro atoms. The molecule has 0 aliphatic carbocycles. The highest BCUT2D eigenvalue weighted by molar-refractivity contribution is 9.10. The maximum atomic E-state index is 5.92. The minimum absolute atomic E-state index is 0.143. The summed E-state index contributed by atoms with van der Waals surface area (Å²) in [5, 5.41) is 8.53. The van der Waals surface area contributed by atoms with Gasteiger partial charge in [-0.2, -0.15) is 0 Å². The van der Waals surface area contributed by atoms with Crippen LogP contribution in [0.5, 0.6) is 0 Å². The number of benzene rings is 1. The van der Waals surface area contributed by atoms with Crippen LogP contribution in [-0.4, -0.2) is 33.3 Å². The first-order valence-corrected chi connectivity index (χ1v) is 10.3. The number of rotatable bonds is 5. The van der Waals surface area contributed by atoms with Gasteiger partial charge in [-0.3, -0.25) is 0 Å². The van der Waals surface area contributed by atoms with Crippen molar-refractivity contribution < 1.29 is 4.42 Å². The van der Waals surface area contributed by atoms with E-state index in [1.807, 2.05) is 18.2 Å². The van der Waals surface area contributed by atoms with Crippen LogP contribution in [0.25, 0.3) is 23.0 Å². The van der Waals surface area contributed by atoms with Gasteiger partial charge in [0.2, 0.25) is 11.2 Å². The van der Waals surface area contributed by atoms with E-state index in [1.165, 1.54) is 0 Å². The van der Waals surface area contributed by atoms with Crippen molar-refractivity contribution in [3.63, 3.8) is 0 Å². The summed E-state index contributed by atoms with van der Waals surface area (Å²) in [6.45, 7) is 5.85. The largest absolute Gasteiger partial charge is 0.415 e. The molecule has 0 unspecified atom stereocenters. The summed E-state index contributed by atoms with van der Waals surface area (Å²) in [7, 11) is 0. The lowest BCUT2D eigenvalue weighted by molar-refractivity contribution is 0.410. The topological polar surface area (TPSA) is 67.9 Å². The van der Waals surface area contributed by atoms with Gasteiger partial charge < -0.3 is 9.32 Å². The molecule has 4 rings (SSSR count). The molecule has 144 valence electrons. The number of piperidine rings is 1. The fourth-order valence-corrected chi connectivity index (χ4v) is 3.98. The van der Waals surface area contributed by atoms with Crippen LogP contribution in [0.2, 0.25) is 5.28 Å². The van der Waals surface area contributed by atoms with Crippen LogP contribution in [0.1, 0.15) is 19.3 Å².